The molecule has 0 aromatic rings. The van der Waals surface area contributed by atoms with Gasteiger partial charge < -0.3 is 11.1 Å². The first-order valence-corrected chi connectivity index (χ1v) is 8.21. The first kappa shape index (κ1) is 23.5. The molecule has 23 heavy (non-hydrogen) atoms. The molecule has 0 bridgehead atoms. The van der Waals surface area contributed by atoms with Gasteiger partial charge in [-0.1, -0.05) is 31.7 Å². The monoisotopic (exact) mass is 381 g/mol. The lowest BCUT2D eigenvalue weighted by Gasteiger charge is -2.08. The molecule has 128 valence electrons. The van der Waals surface area contributed by atoms with Crippen LogP contribution in [0.25, 0.3) is 0 Å². The van der Waals surface area contributed by atoms with Crippen molar-refractivity contribution in [2.45, 2.75) is 41.0 Å². The van der Waals surface area contributed by atoms with Gasteiger partial charge in [0.05, 0.1) is 11.5 Å². The number of rotatable bonds is 6. The summed E-state index contributed by atoms with van der Waals surface area (Å²) in [6, 6.07) is 2.19. The molecule has 0 atom stereocenters. The van der Waals surface area contributed by atoms with Crippen molar-refractivity contribution in [3.8, 4) is 6.07 Å². The van der Waals surface area contributed by atoms with Gasteiger partial charge in [0, 0.05) is 22.3 Å². The summed E-state index contributed by atoms with van der Waals surface area (Å²) in [5, 5.41) is 11.1. The van der Waals surface area contributed by atoms with Crippen molar-refractivity contribution < 1.29 is 4.79 Å². The standard InChI is InChI=1S/C12H17BrN2O.C6H11N/c1-4-6-9(3)12(16)15-8-7-11(14)10(13)5-2;1-4-6(2,3)5-7/h4-7H,1,8,14H2,2-3H3,(H,15,16);4H2,1-3H3/b9-6+,10-5+,11-7+;. The fourth-order valence-corrected chi connectivity index (χ4v) is 1.15. The van der Waals surface area contributed by atoms with Crippen molar-refractivity contribution in [1.82, 2.24) is 5.32 Å². The van der Waals surface area contributed by atoms with Crippen LogP contribution in [0.15, 0.2) is 46.6 Å². The van der Waals surface area contributed by atoms with Crippen LogP contribution in [0, 0.1) is 16.7 Å². The first-order chi connectivity index (χ1) is 10.6. The molecule has 0 fully saturated rings. The van der Waals surface area contributed by atoms with E-state index in [1.165, 1.54) is 0 Å². The molecule has 0 aliphatic rings. The third-order valence-corrected chi connectivity index (χ3v) is 3.94. The third-order valence-electron chi connectivity index (χ3n) is 3.03. The van der Waals surface area contributed by atoms with Crippen molar-refractivity contribution >= 4 is 21.8 Å². The lowest BCUT2D eigenvalue weighted by Crippen LogP contribution is -2.24. The summed E-state index contributed by atoms with van der Waals surface area (Å²) in [6.07, 6.45) is 7.75. The number of allylic oxidation sites excluding steroid dienone is 4. The fraction of sp³-hybridized carbons (Fsp3) is 0.444. The SMILES string of the molecule is C=C/C=C(\C)C(=O)NC/C=C(N)\C(Br)=C/C.CCC(C)(C)C#N. The van der Waals surface area contributed by atoms with E-state index in [0.29, 0.717) is 17.8 Å². The molecule has 5 heteroatoms. The highest BCUT2D eigenvalue weighted by molar-refractivity contribution is 9.11. The minimum absolute atomic E-state index is 0.111. The Morgan fingerprint density at radius 3 is 2.39 bits per heavy atom. The molecule has 0 aromatic carbocycles. The predicted molar refractivity (Wildman–Crippen MR) is 102 cm³/mol. The van der Waals surface area contributed by atoms with E-state index in [0.717, 1.165) is 10.9 Å². The minimum Gasteiger partial charge on any atom is -0.398 e. The van der Waals surface area contributed by atoms with E-state index in [2.05, 4.69) is 33.9 Å². The molecular weight excluding hydrogens is 354 g/mol. The summed E-state index contributed by atoms with van der Waals surface area (Å²) < 4.78 is 0.820. The lowest BCUT2D eigenvalue weighted by atomic mass is 9.93. The topological polar surface area (TPSA) is 78.9 Å². The van der Waals surface area contributed by atoms with Crippen molar-refractivity contribution in [2.24, 2.45) is 11.1 Å². The molecular formula is C18H28BrN3O. The first-order valence-electron chi connectivity index (χ1n) is 7.41. The van der Waals surface area contributed by atoms with Gasteiger partial charge in [0.1, 0.15) is 0 Å². The van der Waals surface area contributed by atoms with Crippen LogP contribution in [-0.2, 0) is 4.79 Å². The Kier molecular flexibility index (Phi) is 13.0. The Hall–Kier alpha value is -1.80. The average Bonchev–Trinajstić information content (AvgIpc) is 2.54. The molecule has 0 aromatic heterocycles. The Morgan fingerprint density at radius 2 is 2.04 bits per heavy atom. The largest absolute Gasteiger partial charge is 0.398 e. The highest BCUT2D eigenvalue weighted by atomic mass is 79.9. The summed E-state index contributed by atoms with van der Waals surface area (Å²) >= 11 is 3.29. The Bertz CT molecular complexity index is 523. The quantitative estimate of drug-likeness (QED) is 0.530. The zero-order chi connectivity index (χ0) is 18.5. The maximum atomic E-state index is 11.4. The molecule has 4 nitrogen and oxygen atoms in total. The van der Waals surface area contributed by atoms with Crippen LogP contribution in [0.2, 0.25) is 0 Å². The van der Waals surface area contributed by atoms with E-state index < -0.39 is 0 Å². The zero-order valence-corrected chi connectivity index (χ0v) is 16.3. The van der Waals surface area contributed by atoms with Crippen LogP contribution >= 0.6 is 15.9 Å². The van der Waals surface area contributed by atoms with E-state index in [-0.39, 0.29) is 11.3 Å². The van der Waals surface area contributed by atoms with Gasteiger partial charge in [-0.15, -0.1) is 0 Å². The van der Waals surface area contributed by atoms with E-state index in [4.69, 9.17) is 11.0 Å². The molecule has 0 aliphatic heterocycles. The van der Waals surface area contributed by atoms with Crippen molar-refractivity contribution in [3.63, 3.8) is 0 Å². The van der Waals surface area contributed by atoms with E-state index >= 15 is 0 Å². The highest BCUT2D eigenvalue weighted by Crippen LogP contribution is 2.16. The maximum absolute atomic E-state index is 11.4. The number of halogens is 1. The number of amides is 1. The molecule has 0 radical (unpaired) electrons. The number of carbonyl (C=O) groups is 1. The Labute approximate surface area is 149 Å². The van der Waals surface area contributed by atoms with Gasteiger partial charge in [-0.25, -0.2) is 0 Å². The van der Waals surface area contributed by atoms with Crippen molar-refractivity contribution in [3.05, 3.63) is 46.6 Å². The smallest absolute Gasteiger partial charge is 0.247 e. The maximum Gasteiger partial charge on any atom is 0.247 e. The summed E-state index contributed by atoms with van der Waals surface area (Å²) in [5.41, 5.74) is 6.82. The number of carbonyl (C=O) groups excluding carboxylic acids is 1. The molecule has 1 amide bonds. The molecule has 3 N–H and O–H groups in total. The zero-order valence-electron chi connectivity index (χ0n) is 14.7. The predicted octanol–water partition coefficient (Wildman–Crippen LogP) is 4.32. The van der Waals surface area contributed by atoms with Gasteiger partial charge >= 0.3 is 0 Å². The lowest BCUT2D eigenvalue weighted by molar-refractivity contribution is -0.117. The number of nitrogens with two attached hydrogens (primary N) is 1. The van der Waals surface area contributed by atoms with Gasteiger partial charge in [-0.3, -0.25) is 4.79 Å². The Balaban J connectivity index is 0. The minimum atomic E-state index is -0.124. The average molecular weight is 382 g/mol. The molecule has 0 unspecified atom stereocenters. The molecule has 0 rings (SSSR count). The summed E-state index contributed by atoms with van der Waals surface area (Å²) in [7, 11) is 0. The number of nitriles is 1. The number of hydrogen-bond acceptors (Lipinski definition) is 3. The van der Waals surface area contributed by atoms with Crippen molar-refractivity contribution in [1.29, 1.82) is 5.26 Å². The second-order valence-corrected chi connectivity index (χ2v) is 6.30. The van der Waals surface area contributed by atoms with Crippen LogP contribution in [0.3, 0.4) is 0 Å². The summed E-state index contributed by atoms with van der Waals surface area (Å²) in [6.45, 7) is 13.4. The summed E-state index contributed by atoms with van der Waals surface area (Å²) in [5.74, 6) is -0.124. The van der Waals surface area contributed by atoms with Gasteiger partial charge in [0.15, 0.2) is 0 Å². The van der Waals surface area contributed by atoms with Gasteiger partial charge in [0.2, 0.25) is 5.91 Å². The molecule has 0 spiro atoms. The molecule has 0 saturated carbocycles. The van der Waals surface area contributed by atoms with E-state index in [1.54, 1.807) is 25.2 Å². The van der Waals surface area contributed by atoms with Gasteiger partial charge in [0.25, 0.3) is 0 Å². The molecule has 0 saturated heterocycles. The number of hydrogen-bond donors (Lipinski definition) is 2. The van der Waals surface area contributed by atoms with Crippen LogP contribution in [0.4, 0.5) is 0 Å². The van der Waals surface area contributed by atoms with Crippen LogP contribution in [0.1, 0.15) is 41.0 Å². The third kappa shape index (κ3) is 12.4. The highest BCUT2D eigenvalue weighted by Gasteiger charge is 2.11. The fourth-order valence-electron chi connectivity index (χ4n) is 0.989. The van der Waals surface area contributed by atoms with Gasteiger partial charge in [-0.05, 0) is 56.1 Å². The normalized spacial score (nSPS) is 12.7. The second kappa shape index (κ2) is 12.7. The number of nitrogens with zero attached hydrogens (tertiary/aromatic N) is 1. The second-order valence-electron chi connectivity index (χ2n) is 5.44. The van der Waals surface area contributed by atoms with E-state index in [9.17, 15) is 4.79 Å². The summed E-state index contributed by atoms with van der Waals surface area (Å²) in [4.78, 5) is 11.4. The van der Waals surface area contributed by atoms with Crippen LogP contribution in [0.5, 0.6) is 0 Å². The Morgan fingerprint density at radius 1 is 1.48 bits per heavy atom. The molecule has 0 aliphatic carbocycles. The van der Waals surface area contributed by atoms with E-state index in [1.807, 2.05) is 33.8 Å². The van der Waals surface area contributed by atoms with Crippen LogP contribution in [-0.4, -0.2) is 12.5 Å². The van der Waals surface area contributed by atoms with Crippen molar-refractivity contribution in [2.75, 3.05) is 6.54 Å². The van der Waals surface area contributed by atoms with Gasteiger partial charge in [-0.2, -0.15) is 5.26 Å². The number of nitrogens with one attached hydrogen (secondary N) is 1. The van der Waals surface area contributed by atoms with Crippen LogP contribution < -0.4 is 11.1 Å². The molecule has 0 heterocycles.